The lowest BCUT2D eigenvalue weighted by atomic mass is 10.1. The molecule has 0 saturated heterocycles. The van der Waals surface area contributed by atoms with Gasteiger partial charge in [-0.1, -0.05) is 23.9 Å². The molecule has 2 aromatic carbocycles. The Balaban J connectivity index is 1.41. The molecule has 0 fully saturated rings. The summed E-state index contributed by atoms with van der Waals surface area (Å²) in [6, 6.07) is 14.8. The number of hydrazone groups is 1. The Labute approximate surface area is 228 Å². The van der Waals surface area contributed by atoms with E-state index in [1.54, 1.807) is 23.0 Å². The van der Waals surface area contributed by atoms with E-state index in [2.05, 4.69) is 10.5 Å². The number of benzene rings is 2. The molecule has 4 aromatic rings. The molecule has 0 bridgehead atoms. The number of nitrogens with one attached hydrogen (secondary N) is 1. The summed E-state index contributed by atoms with van der Waals surface area (Å²) in [6.07, 6.45) is 2.94. The fourth-order valence-corrected chi connectivity index (χ4v) is 6.54. The van der Waals surface area contributed by atoms with Gasteiger partial charge in [-0.15, -0.1) is 11.3 Å². The van der Waals surface area contributed by atoms with Gasteiger partial charge in [-0.05, 0) is 75.1 Å². The zero-order valence-corrected chi connectivity index (χ0v) is 23.1. The second kappa shape index (κ2) is 11.4. The van der Waals surface area contributed by atoms with Crippen molar-refractivity contribution in [2.45, 2.75) is 38.3 Å². The molecule has 1 aliphatic rings. The number of thioether (sulfide) groups is 1. The first-order valence-electron chi connectivity index (χ1n) is 12.4. The van der Waals surface area contributed by atoms with Gasteiger partial charge in [0.2, 0.25) is 0 Å². The lowest BCUT2D eigenvalue weighted by molar-refractivity contribution is -0.118. The number of aryl methyl sites for hydroxylation is 2. The molecule has 10 heteroatoms. The summed E-state index contributed by atoms with van der Waals surface area (Å²) < 4.78 is 12.4. The summed E-state index contributed by atoms with van der Waals surface area (Å²) in [4.78, 5) is 33.3. The number of nitrogens with zero attached hydrogens (tertiary/aromatic N) is 3. The van der Waals surface area contributed by atoms with Crippen molar-refractivity contribution < 1.29 is 14.3 Å². The smallest absolute Gasteiger partial charge is 0.267 e. The second-order valence-electron chi connectivity index (χ2n) is 8.75. The summed E-state index contributed by atoms with van der Waals surface area (Å²) in [6.45, 7) is 4.30. The zero-order chi connectivity index (χ0) is 26.6. The van der Waals surface area contributed by atoms with Crippen molar-refractivity contribution in [1.82, 2.24) is 15.0 Å². The summed E-state index contributed by atoms with van der Waals surface area (Å²) in [7, 11) is 1.60. The molecule has 0 spiro atoms. The summed E-state index contributed by atoms with van der Waals surface area (Å²) in [5.41, 5.74) is 5.81. The Kier molecular flexibility index (Phi) is 7.80. The van der Waals surface area contributed by atoms with E-state index in [1.165, 1.54) is 16.6 Å². The van der Waals surface area contributed by atoms with E-state index in [0.29, 0.717) is 34.3 Å². The van der Waals surface area contributed by atoms with Gasteiger partial charge in [0.1, 0.15) is 16.3 Å². The molecule has 1 amide bonds. The summed E-state index contributed by atoms with van der Waals surface area (Å²) >= 11 is 2.80. The minimum absolute atomic E-state index is 0.0506. The van der Waals surface area contributed by atoms with Gasteiger partial charge in [-0.25, -0.2) is 10.4 Å². The summed E-state index contributed by atoms with van der Waals surface area (Å²) in [5.74, 6) is 1.20. The average molecular weight is 549 g/mol. The van der Waals surface area contributed by atoms with Crippen LogP contribution in [0, 0.1) is 0 Å². The highest BCUT2D eigenvalue weighted by molar-refractivity contribution is 7.99. The maximum absolute atomic E-state index is 13.8. The summed E-state index contributed by atoms with van der Waals surface area (Å²) in [5, 5.41) is 5.40. The first kappa shape index (κ1) is 26.0. The van der Waals surface area contributed by atoms with Crippen molar-refractivity contribution in [3.05, 3.63) is 74.9 Å². The number of ether oxygens (including phenoxy) is 2. The van der Waals surface area contributed by atoms with Crippen LogP contribution in [0.2, 0.25) is 0 Å². The van der Waals surface area contributed by atoms with Gasteiger partial charge in [-0.3, -0.25) is 14.2 Å². The highest BCUT2D eigenvalue weighted by Crippen LogP contribution is 2.36. The number of methoxy groups -OCH3 is 1. The lowest BCUT2D eigenvalue weighted by Gasteiger charge is -2.13. The van der Waals surface area contributed by atoms with Crippen LogP contribution < -0.4 is 20.5 Å². The Morgan fingerprint density at radius 2 is 2.00 bits per heavy atom. The Morgan fingerprint density at radius 1 is 1.18 bits per heavy atom. The quantitative estimate of drug-likeness (QED) is 0.137. The standard InChI is InChI=1S/C28H28N4O4S2/c1-4-36-20-13-11-19(12-14-20)32-27(34)25-22-9-6-10-23(22)38-26(25)29-28(32)37-16-24(33)31-30-17(2)18-7-5-8-21(15-18)35-3/h5,7-8,11-15H,4,6,9-10,16H2,1-3H3,(H,31,33). The molecule has 38 heavy (non-hydrogen) atoms. The predicted molar refractivity (Wildman–Crippen MR) is 152 cm³/mol. The van der Waals surface area contributed by atoms with Crippen LogP contribution in [0.3, 0.4) is 0 Å². The van der Waals surface area contributed by atoms with Crippen LogP contribution in [0.25, 0.3) is 15.9 Å². The number of thiophene rings is 1. The van der Waals surface area contributed by atoms with Crippen molar-refractivity contribution in [2.75, 3.05) is 19.5 Å². The maximum Gasteiger partial charge on any atom is 0.267 e. The molecule has 0 atom stereocenters. The molecule has 8 nitrogen and oxygen atoms in total. The van der Waals surface area contributed by atoms with E-state index in [9.17, 15) is 9.59 Å². The number of rotatable bonds is 9. The number of hydrogen-bond donors (Lipinski definition) is 1. The normalized spacial score (nSPS) is 13.0. The molecular formula is C28H28N4O4S2. The predicted octanol–water partition coefficient (Wildman–Crippen LogP) is 4.98. The highest BCUT2D eigenvalue weighted by Gasteiger charge is 2.24. The van der Waals surface area contributed by atoms with Crippen LogP contribution in [0.1, 0.15) is 36.3 Å². The molecule has 1 N–H and O–H groups in total. The Bertz CT molecular complexity index is 1570. The molecule has 0 radical (unpaired) electrons. The van der Waals surface area contributed by atoms with Gasteiger partial charge < -0.3 is 9.47 Å². The van der Waals surface area contributed by atoms with Crippen molar-refractivity contribution in [1.29, 1.82) is 0 Å². The van der Waals surface area contributed by atoms with Crippen molar-refractivity contribution in [3.63, 3.8) is 0 Å². The van der Waals surface area contributed by atoms with E-state index in [4.69, 9.17) is 14.5 Å². The molecule has 2 heterocycles. The third-order valence-corrected chi connectivity index (χ3v) is 8.41. The van der Waals surface area contributed by atoms with Gasteiger partial charge in [0.15, 0.2) is 5.16 Å². The fraction of sp³-hybridized carbons (Fsp3) is 0.286. The third kappa shape index (κ3) is 5.32. The van der Waals surface area contributed by atoms with Crippen LogP contribution in [0.5, 0.6) is 11.5 Å². The Hall–Kier alpha value is -3.63. The first-order valence-corrected chi connectivity index (χ1v) is 14.2. The van der Waals surface area contributed by atoms with E-state index in [1.807, 2.05) is 62.4 Å². The fourth-order valence-electron chi connectivity index (χ4n) is 4.43. The number of carbonyl (C=O) groups is 1. The number of fused-ring (bicyclic) bond motifs is 3. The largest absolute Gasteiger partial charge is 0.497 e. The molecule has 5 rings (SSSR count). The third-order valence-electron chi connectivity index (χ3n) is 6.28. The molecule has 0 saturated carbocycles. The van der Waals surface area contributed by atoms with Crippen molar-refractivity contribution in [3.8, 4) is 17.2 Å². The first-order chi connectivity index (χ1) is 18.5. The van der Waals surface area contributed by atoms with E-state index in [0.717, 1.165) is 41.0 Å². The minimum Gasteiger partial charge on any atom is -0.497 e. The number of carbonyl (C=O) groups excluding carboxylic acids is 1. The lowest BCUT2D eigenvalue weighted by Crippen LogP contribution is -2.24. The average Bonchev–Trinajstić information content (AvgIpc) is 3.52. The molecule has 0 aliphatic heterocycles. The maximum atomic E-state index is 13.8. The zero-order valence-electron chi connectivity index (χ0n) is 21.4. The van der Waals surface area contributed by atoms with Crippen molar-refractivity contribution >= 4 is 44.9 Å². The van der Waals surface area contributed by atoms with Crippen LogP contribution in [-0.2, 0) is 17.6 Å². The molecule has 196 valence electrons. The van der Waals surface area contributed by atoms with Crippen LogP contribution in [-0.4, -0.2) is 40.6 Å². The topological polar surface area (TPSA) is 94.8 Å². The van der Waals surface area contributed by atoms with E-state index >= 15 is 0 Å². The monoisotopic (exact) mass is 548 g/mol. The van der Waals surface area contributed by atoms with Crippen molar-refractivity contribution in [2.24, 2.45) is 5.10 Å². The van der Waals surface area contributed by atoms with Gasteiger partial charge >= 0.3 is 0 Å². The molecular weight excluding hydrogens is 520 g/mol. The number of amides is 1. The number of hydrogen-bond acceptors (Lipinski definition) is 8. The molecule has 2 aromatic heterocycles. The van der Waals surface area contributed by atoms with E-state index < -0.39 is 0 Å². The van der Waals surface area contributed by atoms with Gasteiger partial charge in [0.25, 0.3) is 11.5 Å². The second-order valence-corrected chi connectivity index (χ2v) is 10.8. The number of aromatic nitrogens is 2. The van der Waals surface area contributed by atoms with Gasteiger partial charge in [0, 0.05) is 10.4 Å². The van der Waals surface area contributed by atoms with Crippen LogP contribution in [0.15, 0.2) is 63.6 Å². The molecule has 1 aliphatic carbocycles. The highest BCUT2D eigenvalue weighted by atomic mass is 32.2. The SMILES string of the molecule is CCOc1ccc(-n2c(SCC(=O)NN=C(C)c3cccc(OC)c3)nc3sc4c(c3c2=O)CCC4)cc1. The molecule has 0 unspecified atom stereocenters. The van der Waals surface area contributed by atoms with Crippen LogP contribution in [0.4, 0.5) is 0 Å². The van der Waals surface area contributed by atoms with Gasteiger partial charge in [0.05, 0.1) is 36.3 Å². The van der Waals surface area contributed by atoms with Crippen LogP contribution >= 0.6 is 23.1 Å². The van der Waals surface area contributed by atoms with E-state index in [-0.39, 0.29) is 17.2 Å². The van der Waals surface area contributed by atoms with Gasteiger partial charge in [-0.2, -0.15) is 5.10 Å². The Morgan fingerprint density at radius 3 is 2.76 bits per heavy atom. The minimum atomic E-state index is -0.293.